The number of aryl methyl sites for hydroxylation is 1. The fourth-order valence-electron chi connectivity index (χ4n) is 4.96. The number of aliphatic hydroxyl groups is 1. The van der Waals surface area contributed by atoms with E-state index in [2.05, 4.69) is 10.6 Å². The highest BCUT2D eigenvalue weighted by molar-refractivity contribution is 5.97. The van der Waals surface area contributed by atoms with Gasteiger partial charge in [0.05, 0.1) is 12.6 Å². The van der Waals surface area contributed by atoms with Crippen LogP contribution in [-0.2, 0) is 22.6 Å². The van der Waals surface area contributed by atoms with Crippen LogP contribution in [0.15, 0.2) is 72.8 Å². The molecule has 0 unspecified atom stereocenters. The summed E-state index contributed by atoms with van der Waals surface area (Å²) < 4.78 is 29.1. The summed E-state index contributed by atoms with van der Waals surface area (Å²) in [6.45, 7) is 2.46. The minimum absolute atomic E-state index is 0.00568. The minimum Gasteiger partial charge on any atom is -0.508 e. The van der Waals surface area contributed by atoms with Gasteiger partial charge < -0.3 is 25.7 Å². The van der Waals surface area contributed by atoms with Crippen molar-refractivity contribution >= 4 is 17.7 Å². The van der Waals surface area contributed by atoms with Gasteiger partial charge in [0.15, 0.2) is 6.10 Å². The van der Waals surface area contributed by atoms with E-state index in [0.717, 1.165) is 11.1 Å². The Kier molecular flexibility index (Phi) is 9.02. The van der Waals surface area contributed by atoms with Crippen molar-refractivity contribution in [2.45, 2.75) is 57.3 Å². The maximum atomic E-state index is 14.6. The van der Waals surface area contributed by atoms with E-state index < -0.39 is 54.8 Å². The first-order valence-electron chi connectivity index (χ1n) is 13.3. The zero-order valence-corrected chi connectivity index (χ0v) is 22.8. The van der Waals surface area contributed by atoms with Gasteiger partial charge in [0.1, 0.15) is 11.8 Å². The molecule has 0 saturated carbocycles. The van der Waals surface area contributed by atoms with Gasteiger partial charge in [-0.25, -0.2) is 8.78 Å². The lowest BCUT2D eigenvalue weighted by Gasteiger charge is -2.30. The van der Waals surface area contributed by atoms with E-state index in [4.69, 9.17) is 0 Å². The van der Waals surface area contributed by atoms with E-state index in [1.165, 1.54) is 18.2 Å². The van der Waals surface area contributed by atoms with E-state index in [-0.39, 0.29) is 24.3 Å². The lowest BCUT2D eigenvalue weighted by molar-refractivity contribution is -0.147. The van der Waals surface area contributed by atoms with Crippen LogP contribution in [0.2, 0.25) is 0 Å². The van der Waals surface area contributed by atoms with Gasteiger partial charge in [-0.05, 0) is 49.1 Å². The summed E-state index contributed by atoms with van der Waals surface area (Å²) in [5.41, 5.74) is 2.82. The number of nitrogens with one attached hydrogen (secondary N) is 2. The lowest BCUT2D eigenvalue weighted by Crippen LogP contribution is -2.56. The number of aromatic hydroxyl groups is 1. The minimum atomic E-state index is -3.34. The van der Waals surface area contributed by atoms with Gasteiger partial charge in [-0.1, -0.05) is 60.7 Å². The second kappa shape index (κ2) is 12.5. The van der Waals surface area contributed by atoms with Gasteiger partial charge in [0, 0.05) is 24.1 Å². The highest BCUT2D eigenvalue weighted by Crippen LogP contribution is 2.33. The number of amides is 3. The highest BCUT2D eigenvalue weighted by Gasteiger charge is 2.51. The number of hydrogen-bond donors (Lipinski definition) is 4. The molecule has 3 atom stereocenters. The number of hydrogen-bond acceptors (Lipinski definition) is 5. The third kappa shape index (κ3) is 7.07. The molecule has 0 radical (unpaired) electrons. The number of carbonyl (C=O) groups is 3. The molecule has 0 bridgehead atoms. The predicted molar refractivity (Wildman–Crippen MR) is 148 cm³/mol. The summed E-state index contributed by atoms with van der Waals surface area (Å²) >= 11 is 0. The Hall–Kier alpha value is -4.31. The lowest BCUT2D eigenvalue weighted by atomic mass is 9.98. The van der Waals surface area contributed by atoms with Crippen LogP contribution < -0.4 is 10.6 Å². The van der Waals surface area contributed by atoms with Gasteiger partial charge >= 0.3 is 0 Å². The van der Waals surface area contributed by atoms with Crippen LogP contribution in [0.25, 0.3) is 0 Å². The molecule has 0 aromatic heterocycles. The van der Waals surface area contributed by atoms with Crippen molar-refractivity contribution in [2.75, 3.05) is 6.54 Å². The zero-order valence-electron chi connectivity index (χ0n) is 22.8. The van der Waals surface area contributed by atoms with Gasteiger partial charge in [-0.3, -0.25) is 14.4 Å². The van der Waals surface area contributed by atoms with E-state index >= 15 is 0 Å². The topological polar surface area (TPSA) is 119 Å². The molecule has 1 heterocycles. The second-order valence-corrected chi connectivity index (χ2v) is 10.4. The molecule has 4 rings (SSSR count). The summed E-state index contributed by atoms with van der Waals surface area (Å²) in [4.78, 5) is 40.4. The molecule has 1 fully saturated rings. The Morgan fingerprint density at radius 2 is 1.68 bits per heavy atom. The predicted octanol–water partition coefficient (Wildman–Crippen LogP) is 3.26. The van der Waals surface area contributed by atoms with Crippen molar-refractivity contribution in [3.8, 4) is 5.75 Å². The van der Waals surface area contributed by atoms with Crippen molar-refractivity contribution in [3.05, 3.63) is 101 Å². The van der Waals surface area contributed by atoms with Crippen molar-refractivity contribution in [1.29, 1.82) is 0 Å². The molecule has 1 aliphatic heterocycles. The smallest absolute Gasteiger partial charge is 0.267 e. The molecule has 3 aromatic carbocycles. The highest BCUT2D eigenvalue weighted by atomic mass is 19.3. The number of aliphatic hydroxyl groups excluding tert-OH is 1. The summed E-state index contributed by atoms with van der Waals surface area (Å²) in [6.07, 6.45) is -2.81. The quantitative estimate of drug-likeness (QED) is 0.318. The Labute approximate surface area is 237 Å². The molecular formula is C31H33F2N3O5. The first-order valence-corrected chi connectivity index (χ1v) is 13.3. The Bertz CT molecular complexity index is 1420. The fourth-order valence-corrected chi connectivity index (χ4v) is 4.96. The molecule has 216 valence electrons. The monoisotopic (exact) mass is 565 g/mol. The number of benzene rings is 3. The molecule has 1 saturated heterocycles. The van der Waals surface area contributed by atoms with E-state index in [9.17, 15) is 33.4 Å². The standard InChI is InChI=1S/C31H33F2N3O5/c1-19-9-6-7-12-22(19)17-34-29(40)25-16-31(32,33)18-36(25)30(41)27(38)24(15-21-10-4-3-5-11-21)35-28(39)23-13-8-14-26(37)20(23)2/h3-14,24-25,27,37-38H,15-18H2,1-2H3,(H,34,40)(H,35,39)/t24-,25-,27-/m0/s1. The van der Waals surface area contributed by atoms with Gasteiger partial charge in [-0.2, -0.15) is 0 Å². The van der Waals surface area contributed by atoms with Gasteiger partial charge in [0.25, 0.3) is 17.7 Å². The number of phenols is 1. The van der Waals surface area contributed by atoms with Crippen LogP contribution in [-0.4, -0.2) is 63.5 Å². The molecule has 4 N–H and O–H groups in total. The van der Waals surface area contributed by atoms with E-state index in [0.29, 0.717) is 16.0 Å². The van der Waals surface area contributed by atoms with Crippen LogP contribution in [0.1, 0.15) is 39.0 Å². The number of phenolic OH excluding ortho intramolecular Hbond substituents is 1. The fraction of sp³-hybridized carbons (Fsp3) is 0.323. The average molecular weight is 566 g/mol. The number of nitrogens with zero attached hydrogens (tertiary/aromatic N) is 1. The van der Waals surface area contributed by atoms with Crippen LogP contribution >= 0.6 is 0 Å². The average Bonchev–Trinajstić information content (AvgIpc) is 3.28. The third-order valence-electron chi connectivity index (χ3n) is 7.37. The molecule has 41 heavy (non-hydrogen) atoms. The maximum Gasteiger partial charge on any atom is 0.267 e. The normalized spacial score (nSPS) is 17.5. The number of carbonyl (C=O) groups excluding carboxylic acids is 3. The summed E-state index contributed by atoms with van der Waals surface area (Å²) in [5, 5.41) is 26.5. The zero-order chi connectivity index (χ0) is 29.7. The number of alkyl halides is 2. The first kappa shape index (κ1) is 29.7. The SMILES string of the molecule is Cc1ccccc1CNC(=O)[C@@H]1CC(F)(F)CN1C(=O)[C@@H](O)[C@H](Cc1ccccc1)NC(=O)c1cccc(O)c1C. The number of rotatable bonds is 9. The molecule has 3 amide bonds. The first-order chi connectivity index (χ1) is 19.5. The Balaban J connectivity index is 1.55. The molecule has 8 nitrogen and oxygen atoms in total. The molecule has 0 aliphatic carbocycles. The van der Waals surface area contributed by atoms with Crippen LogP contribution in [0.4, 0.5) is 8.78 Å². The van der Waals surface area contributed by atoms with Crippen molar-refractivity contribution in [2.24, 2.45) is 0 Å². The van der Waals surface area contributed by atoms with E-state index in [1.54, 1.807) is 49.4 Å². The number of halogens is 2. The summed E-state index contributed by atoms with van der Waals surface area (Å²) in [5.74, 6) is -5.95. The number of likely N-dealkylation sites (tertiary alicyclic amines) is 1. The summed E-state index contributed by atoms with van der Waals surface area (Å²) in [7, 11) is 0. The maximum absolute atomic E-state index is 14.6. The van der Waals surface area contributed by atoms with Crippen LogP contribution in [0.3, 0.4) is 0 Å². The van der Waals surface area contributed by atoms with Crippen molar-refractivity contribution in [3.63, 3.8) is 0 Å². The molecular weight excluding hydrogens is 532 g/mol. The van der Waals surface area contributed by atoms with Crippen LogP contribution in [0.5, 0.6) is 5.75 Å². The Morgan fingerprint density at radius 3 is 2.39 bits per heavy atom. The molecule has 10 heteroatoms. The van der Waals surface area contributed by atoms with Gasteiger partial charge in [0.2, 0.25) is 5.91 Å². The molecule has 0 spiro atoms. The van der Waals surface area contributed by atoms with Crippen LogP contribution in [0, 0.1) is 13.8 Å². The third-order valence-corrected chi connectivity index (χ3v) is 7.37. The van der Waals surface area contributed by atoms with Gasteiger partial charge in [-0.15, -0.1) is 0 Å². The molecule has 3 aromatic rings. The Morgan fingerprint density at radius 1 is 1.00 bits per heavy atom. The van der Waals surface area contributed by atoms with E-state index in [1.807, 2.05) is 19.1 Å². The molecule has 1 aliphatic rings. The second-order valence-electron chi connectivity index (χ2n) is 10.4. The van der Waals surface area contributed by atoms with Crippen molar-refractivity contribution < 1.29 is 33.4 Å². The largest absolute Gasteiger partial charge is 0.508 e. The van der Waals surface area contributed by atoms with Crippen molar-refractivity contribution in [1.82, 2.24) is 15.5 Å². The summed E-state index contributed by atoms with van der Waals surface area (Å²) in [6, 6.07) is 17.7.